The van der Waals surface area contributed by atoms with Crippen LogP contribution >= 0.6 is 0 Å². The van der Waals surface area contributed by atoms with Crippen molar-refractivity contribution >= 4 is 5.91 Å². The summed E-state index contributed by atoms with van der Waals surface area (Å²) in [4.78, 5) is 13.8. The van der Waals surface area contributed by atoms with Gasteiger partial charge in [0, 0.05) is 13.5 Å². The van der Waals surface area contributed by atoms with Crippen LogP contribution in [-0.4, -0.2) is 23.0 Å². The molecule has 0 saturated carbocycles. The molecule has 1 aliphatic heterocycles. The number of likely N-dealkylation sites (N-methyl/N-ethyl adjacent to an activating group) is 1. The molecule has 2 atom stereocenters. The Balaban J connectivity index is 2.11. The molecule has 21 heavy (non-hydrogen) atoms. The first kappa shape index (κ1) is 13.8. The molecule has 1 fully saturated rings. The van der Waals surface area contributed by atoms with Crippen LogP contribution < -0.4 is 0 Å². The van der Waals surface area contributed by atoms with Crippen LogP contribution in [0, 0.1) is 0 Å². The first-order valence-corrected chi connectivity index (χ1v) is 7.21. The molecule has 108 valence electrons. The van der Waals surface area contributed by atoms with Crippen LogP contribution in [0.5, 0.6) is 0 Å². The van der Waals surface area contributed by atoms with E-state index in [1.165, 1.54) is 0 Å². The Morgan fingerprint density at radius 3 is 2.24 bits per heavy atom. The van der Waals surface area contributed by atoms with E-state index < -0.39 is 5.60 Å². The Kier molecular flexibility index (Phi) is 3.52. The normalized spacial score (nSPS) is 25.9. The van der Waals surface area contributed by atoms with Gasteiger partial charge in [0.25, 0.3) is 0 Å². The lowest BCUT2D eigenvalue weighted by molar-refractivity contribution is -0.151. The average molecular weight is 281 g/mol. The minimum atomic E-state index is -1.05. The lowest BCUT2D eigenvalue weighted by atomic mass is 9.76. The lowest BCUT2D eigenvalue weighted by Gasteiger charge is -2.46. The molecule has 0 aliphatic carbocycles. The largest absolute Gasteiger partial charge is 0.383 e. The summed E-state index contributed by atoms with van der Waals surface area (Å²) in [6, 6.07) is 19.0. The summed E-state index contributed by atoms with van der Waals surface area (Å²) in [6.07, 6.45) is 0.810. The van der Waals surface area contributed by atoms with E-state index in [9.17, 15) is 9.90 Å². The third-order valence-electron chi connectivity index (χ3n) is 4.34. The molecule has 1 N–H and O–H groups in total. The van der Waals surface area contributed by atoms with Crippen LogP contribution in [0.4, 0.5) is 0 Å². The van der Waals surface area contributed by atoms with E-state index in [0.29, 0.717) is 12.8 Å². The average Bonchev–Trinajstić information content (AvgIpc) is 2.53. The highest BCUT2D eigenvalue weighted by Crippen LogP contribution is 2.45. The van der Waals surface area contributed by atoms with Crippen molar-refractivity contribution in [3.63, 3.8) is 0 Å². The Hall–Kier alpha value is -2.13. The van der Waals surface area contributed by atoms with Gasteiger partial charge in [-0.3, -0.25) is 4.79 Å². The van der Waals surface area contributed by atoms with Crippen LogP contribution in [0.1, 0.15) is 30.0 Å². The van der Waals surface area contributed by atoms with Crippen molar-refractivity contribution in [2.24, 2.45) is 0 Å². The Bertz CT molecular complexity index is 626. The lowest BCUT2D eigenvalue weighted by Crippen LogP contribution is -2.49. The molecule has 3 rings (SSSR count). The number of benzene rings is 2. The Labute approximate surface area is 124 Å². The van der Waals surface area contributed by atoms with Crippen molar-refractivity contribution in [1.82, 2.24) is 4.90 Å². The number of likely N-dealkylation sites (tertiary alicyclic amines) is 1. The minimum Gasteiger partial charge on any atom is -0.383 e. The number of amides is 1. The second-order valence-electron chi connectivity index (χ2n) is 5.61. The number of rotatable bonds is 2. The molecule has 2 aromatic carbocycles. The van der Waals surface area contributed by atoms with E-state index in [1.54, 1.807) is 11.9 Å². The summed E-state index contributed by atoms with van der Waals surface area (Å²) in [7, 11) is 1.77. The van der Waals surface area contributed by atoms with Gasteiger partial charge < -0.3 is 10.0 Å². The van der Waals surface area contributed by atoms with Crippen molar-refractivity contribution in [2.45, 2.75) is 24.5 Å². The molecule has 1 heterocycles. The van der Waals surface area contributed by atoms with Crippen molar-refractivity contribution in [1.29, 1.82) is 0 Å². The maximum absolute atomic E-state index is 12.1. The zero-order valence-corrected chi connectivity index (χ0v) is 12.1. The van der Waals surface area contributed by atoms with Crippen molar-refractivity contribution in [3.8, 4) is 0 Å². The smallest absolute Gasteiger partial charge is 0.223 e. The van der Waals surface area contributed by atoms with Crippen LogP contribution in [0.25, 0.3) is 0 Å². The quantitative estimate of drug-likeness (QED) is 0.919. The maximum Gasteiger partial charge on any atom is 0.223 e. The van der Waals surface area contributed by atoms with Gasteiger partial charge in [0.1, 0.15) is 5.60 Å². The molecule has 0 radical (unpaired) electrons. The first-order valence-electron chi connectivity index (χ1n) is 7.21. The van der Waals surface area contributed by atoms with Gasteiger partial charge in [0.05, 0.1) is 6.04 Å². The molecule has 0 aromatic heterocycles. The fourth-order valence-corrected chi connectivity index (χ4v) is 3.24. The van der Waals surface area contributed by atoms with E-state index in [-0.39, 0.29) is 11.9 Å². The predicted molar refractivity (Wildman–Crippen MR) is 81.5 cm³/mol. The van der Waals surface area contributed by atoms with Crippen LogP contribution in [0.3, 0.4) is 0 Å². The fraction of sp³-hybridized carbons (Fsp3) is 0.278. The van der Waals surface area contributed by atoms with Gasteiger partial charge in [-0.2, -0.15) is 0 Å². The van der Waals surface area contributed by atoms with Gasteiger partial charge in [-0.05, 0) is 17.5 Å². The molecule has 1 aliphatic rings. The fourth-order valence-electron chi connectivity index (χ4n) is 3.24. The van der Waals surface area contributed by atoms with Crippen LogP contribution in [0.15, 0.2) is 60.7 Å². The van der Waals surface area contributed by atoms with Gasteiger partial charge >= 0.3 is 0 Å². The first-order chi connectivity index (χ1) is 10.1. The second kappa shape index (κ2) is 5.34. The van der Waals surface area contributed by atoms with Gasteiger partial charge in [-0.1, -0.05) is 60.7 Å². The molecular formula is C18H19NO2. The number of hydrogen-bond acceptors (Lipinski definition) is 2. The highest BCUT2D eigenvalue weighted by Gasteiger charge is 2.46. The summed E-state index contributed by atoms with van der Waals surface area (Å²) in [5, 5.41) is 11.4. The third kappa shape index (κ3) is 2.34. The second-order valence-corrected chi connectivity index (χ2v) is 5.61. The summed E-state index contributed by atoms with van der Waals surface area (Å²) in [6.45, 7) is 0. The summed E-state index contributed by atoms with van der Waals surface area (Å²) in [5.41, 5.74) is 0.767. The summed E-state index contributed by atoms with van der Waals surface area (Å²) < 4.78 is 0. The Morgan fingerprint density at radius 2 is 1.62 bits per heavy atom. The molecular weight excluding hydrogens is 262 g/mol. The number of aliphatic hydroxyl groups is 1. The van der Waals surface area contributed by atoms with Crippen molar-refractivity contribution < 1.29 is 9.90 Å². The SMILES string of the molecule is CN1C(=O)CC[C@@](O)(c2ccccc2)[C@@H]1c1ccccc1. The highest BCUT2D eigenvalue weighted by molar-refractivity contribution is 5.78. The van der Waals surface area contributed by atoms with E-state index in [2.05, 4.69) is 0 Å². The number of nitrogens with zero attached hydrogens (tertiary/aromatic N) is 1. The Morgan fingerprint density at radius 1 is 1.05 bits per heavy atom. The molecule has 0 unspecified atom stereocenters. The number of hydrogen-bond donors (Lipinski definition) is 1. The van der Waals surface area contributed by atoms with E-state index in [1.807, 2.05) is 60.7 Å². The maximum atomic E-state index is 12.1. The van der Waals surface area contributed by atoms with Crippen LogP contribution in [0.2, 0.25) is 0 Å². The molecule has 0 spiro atoms. The van der Waals surface area contributed by atoms with E-state index in [4.69, 9.17) is 0 Å². The predicted octanol–water partition coefficient (Wildman–Crippen LogP) is 2.87. The van der Waals surface area contributed by atoms with Gasteiger partial charge in [-0.15, -0.1) is 0 Å². The molecule has 3 heteroatoms. The standard InChI is InChI=1S/C18H19NO2/c1-19-16(20)12-13-18(21,15-10-6-3-7-11-15)17(19)14-8-4-2-5-9-14/h2-11,17,21H,12-13H2,1H3/t17-,18+/m0/s1. The molecule has 1 amide bonds. The molecule has 1 saturated heterocycles. The number of carbonyl (C=O) groups is 1. The topological polar surface area (TPSA) is 40.5 Å². The van der Waals surface area contributed by atoms with Crippen molar-refractivity contribution in [3.05, 3.63) is 71.8 Å². The highest BCUT2D eigenvalue weighted by atomic mass is 16.3. The molecule has 2 aromatic rings. The van der Waals surface area contributed by atoms with Crippen LogP contribution in [-0.2, 0) is 10.4 Å². The van der Waals surface area contributed by atoms with Crippen molar-refractivity contribution in [2.75, 3.05) is 7.05 Å². The summed E-state index contributed by atoms with van der Waals surface area (Å²) >= 11 is 0. The third-order valence-corrected chi connectivity index (χ3v) is 4.34. The minimum absolute atomic E-state index is 0.0736. The van der Waals surface area contributed by atoms with Gasteiger partial charge in [0.15, 0.2) is 0 Å². The monoisotopic (exact) mass is 281 g/mol. The zero-order valence-electron chi connectivity index (χ0n) is 12.1. The molecule has 3 nitrogen and oxygen atoms in total. The summed E-state index contributed by atoms with van der Waals surface area (Å²) in [5.74, 6) is 0.0736. The van der Waals surface area contributed by atoms with Gasteiger partial charge in [-0.25, -0.2) is 0 Å². The number of piperidine rings is 1. The zero-order chi connectivity index (χ0) is 14.9. The van der Waals surface area contributed by atoms with E-state index >= 15 is 0 Å². The van der Waals surface area contributed by atoms with Gasteiger partial charge in [0.2, 0.25) is 5.91 Å². The number of carbonyl (C=O) groups excluding carboxylic acids is 1. The molecule has 0 bridgehead atoms. The van der Waals surface area contributed by atoms with E-state index in [0.717, 1.165) is 11.1 Å².